The van der Waals surface area contributed by atoms with Crippen molar-refractivity contribution in [1.82, 2.24) is 9.62 Å². The van der Waals surface area contributed by atoms with Crippen molar-refractivity contribution in [3.8, 4) is 34.4 Å². The zero-order valence-electron chi connectivity index (χ0n) is 34.7. The number of amides is 2. The number of hydrogen-bond acceptors (Lipinski definition) is 9. The summed E-state index contributed by atoms with van der Waals surface area (Å²) in [6, 6.07) is 35.2. The number of aliphatic carboxylic acids is 1. The minimum Gasteiger partial charge on any atom is -0.489 e. The molecule has 3 N–H and O–H groups in total. The summed E-state index contributed by atoms with van der Waals surface area (Å²) in [5.74, 6) is -1.00. The predicted octanol–water partition coefficient (Wildman–Crippen LogP) is 8.51. The van der Waals surface area contributed by atoms with Gasteiger partial charge in [-0.3, -0.25) is 9.59 Å². The minimum absolute atomic E-state index is 0.0796. The molecule has 65 heavy (non-hydrogen) atoms. The quantitative estimate of drug-likeness (QED) is 0.101. The van der Waals surface area contributed by atoms with Crippen LogP contribution in [0.5, 0.6) is 17.2 Å². The highest BCUT2D eigenvalue weighted by Gasteiger charge is 2.42. The number of sulfonamides is 1. The van der Waals surface area contributed by atoms with E-state index in [9.17, 15) is 27.9 Å². The Morgan fingerprint density at radius 1 is 0.846 bits per heavy atom. The van der Waals surface area contributed by atoms with E-state index < -0.39 is 40.1 Å². The second-order valence-corrected chi connectivity index (χ2v) is 18.3. The molecule has 0 aliphatic carbocycles. The molecule has 0 saturated carbocycles. The van der Waals surface area contributed by atoms with E-state index >= 15 is 0 Å². The number of ether oxygens (including phenoxy) is 3. The van der Waals surface area contributed by atoms with Crippen molar-refractivity contribution >= 4 is 56.7 Å². The fraction of sp³-hybridized carbons (Fsp3) is 0.184. The van der Waals surface area contributed by atoms with Gasteiger partial charge in [-0.1, -0.05) is 77.8 Å². The molecule has 6 aromatic carbocycles. The Hall–Kier alpha value is -6.89. The second-order valence-electron chi connectivity index (χ2n) is 15.6. The topological polar surface area (TPSA) is 184 Å². The summed E-state index contributed by atoms with van der Waals surface area (Å²) in [4.78, 5) is 38.5. The standard InChI is InChI=1S/C49H40Cl2N4O9S/c1-29(56)53-38-13-17-40(18-14-38)65(60,61)55-26-37-24-46-45(63-28-47(64-46)35-11-15-39(16-12-35)62-27-32-6-19-41(50)42(51)20-32)23-36(37)22-44(55)48(57)54-43(49(58)59)21-30-2-7-33(8-3-30)34-9-4-31(25-52)5-10-34/h2-20,23-24,43-44,47H,21-22,26-28H2,1H3,(H,53,56)(H,54,57)(H,58,59)/t43?,44-,47+/m0/s1. The lowest BCUT2D eigenvalue weighted by molar-refractivity contribution is -0.142. The fourth-order valence-electron chi connectivity index (χ4n) is 7.67. The van der Waals surface area contributed by atoms with Gasteiger partial charge >= 0.3 is 5.97 Å². The molecule has 13 nitrogen and oxygen atoms in total. The Kier molecular flexibility index (Phi) is 13.1. The fourth-order valence-corrected chi connectivity index (χ4v) is 9.55. The summed E-state index contributed by atoms with van der Waals surface area (Å²) in [6.45, 7) is 1.54. The van der Waals surface area contributed by atoms with Crippen molar-refractivity contribution in [3.05, 3.63) is 171 Å². The summed E-state index contributed by atoms with van der Waals surface area (Å²) in [6.07, 6.45) is -0.683. The third kappa shape index (κ3) is 10.2. The average molecular weight is 932 g/mol. The van der Waals surface area contributed by atoms with E-state index in [0.717, 1.165) is 26.6 Å². The molecule has 0 saturated heterocycles. The van der Waals surface area contributed by atoms with Crippen LogP contribution in [0.15, 0.2) is 132 Å². The summed E-state index contributed by atoms with van der Waals surface area (Å²) < 4.78 is 48.6. The lowest BCUT2D eigenvalue weighted by atomic mass is 9.93. The molecule has 330 valence electrons. The highest BCUT2D eigenvalue weighted by atomic mass is 35.5. The van der Waals surface area contributed by atoms with Crippen LogP contribution in [0.25, 0.3) is 11.1 Å². The summed E-state index contributed by atoms with van der Waals surface area (Å²) in [5, 5.41) is 25.6. The molecule has 2 aliphatic heterocycles. The number of carboxylic acid groups (broad SMARTS) is 1. The van der Waals surface area contributed by atoms with Crippen LogP contribution in [0, 0.1) is 11.3 Å². The number of halogens is 2. The maximum absolute atomic E-state index is 14.5. The van der Waals surface area contributed by atoms with Crippen molar-refractivity contribution < 1.29 is 42.1 Å². The molecule has 2 aliphatic rings. The maximum atomic E-state index is 14.5. The number of nitrogens with one attached hydrogen (secondary N) is 2. The molecule has 0 radical (unpaired) electrons. The number of fused-ring (bicyclic) bond motifs is 2. The van der Waals surface area contributed by atoms with E-state index in [1.807, 2.05) is 54.6 Å². The molecule has 6 aromatic rings. The van der Waals surface area contributed by atoms with Crippen LogP contribution >= 0.6 is 23.2 Å². The van der Waals surface area contributed by atoms with Gasteiger partial charge in [0.25, 0.3) is 0 Å². The van der Waals surface area contributed by atoms with Crippen molar-refractivity contribution in [2.75, 3.05) is 11.9 Å². The Balaban J connectivity index is 1.02. The van der Waals surface area contributed by atoms with Gasteiger partial charge in [-0.2, -0.15) is 9.57 Å². The summed E-state index contributed by atoms with van der Waals surface area (Å²) >= 11 is 12.2. The number of anilines is 1. The molecule has 1 unspecified atom stereocenters. The number of rotatable bonds is 13. The van der Waals surface area contributed by atoms with Gasteiger partial charge in [0, 0.05) is 25.6 Å². The second kappa shape index (κ2) is 19.1. The molecule has 0 spiro atoms. The largest absolute Gasteiger partial charge is 0.489 e. The molecular weight excluding hydrogens is 892 g/mol. The first-order valence-corrected chi connectivity index (χ1v) is 22.6. The molecule has 2 amide bonds. The van der Waals surface area contributed by atoms with Crippen LogP contribution in [-0.2, 0) is 50.4 Å². The van der Waals surface area contributed by atoms with Crippen LogP contribution in [0.2, 0.25) is 10.0 Å². The van der Waals surface area contributed by atoms with E-state index in [4.69, 9.17) is 42.7 Å². The van der Waals surface area contributed by atoms with Gasteiger partial charge in [-0.25, -0.2) is 13.2 Å². The molecule has 0 aromatic heterocycles. The Labute approximate surface area is 385 Å². The van der Waals surface area contributed by atoms with Crippen LogP contribution in [-0.4, -0.2) is 54.3 Å². The van der Waals surface area contributed by atoms with Crippen LogP contribution < -0.4 is 24.8 Å². The zero-order valence-corrected chi connectivity index (χ0v) is 37.0. The Bertz CT molecular complexity index is 2930. The number of nitriles is 1. The van der Waals surface area contributed by atoms with Gasteiger partial charge in [0.1, 0.15) is 31.0 Å². The average Bonchev–Trinajstić information content (AvgIpc) is 3.30. The highest BCUT2D eigenvalue weighted by Crippen LogP contribution is 2.42. The minimum atomic E-state index is -4.40. The SMILES string of the molecule is CC(=O)Nc1ccc(S(=O)(=O)N2Cc3cc4c(cc3C[C@H]2C(=O)NC(Cc2ccc(-c3ccc(C#N)cc3)cc2)C(=O)O)OC[C@H](c2ccc(OCc3ccc(Cl)c(Cl)c3)cc2)O4)cc1. The third-order valence-electron chi connectivity index (χ3n) is 11.1. The van der Waals surface area contributed by atoms with Gasteiger partial charge < -0.3 is 30.0 Å². The molecule has 16 heteroatoms. The third-order valence-corrected chi connectivity index (χ3v) is 13.7. The van der Waals surface area contributed by atoms with Gasteiger partial charge in [0.2, 0.25) is 21.8 Å². The monoisotopic (exact) mass is 930 g/mol. The van der Waals surface area contributed by atoms with Crippen molar-refractivity contribution in [1.29, 1.82) is 5.26 Å². The van der Waals surface area contributed by atoms with Crippen molar-refractivity contribution in [2.45, 2.75) is 56.0 Å². The molecule has 0 fully saturated rings. The van der Waals surface area contributed by atoms with E-state index in [-0.39, 0.29) is 43.4 Å². The molecule has 8 rings (SSSR count). The number of hydrogen-bond donors (Lipinski definition) is 3. The van der Waals surface area contributed by atoms with Crippen LogP contribution in [0.1, 0.15) is 46.4 Å². The number of carbonyl (C=O) groups is 3. The maximum Gasteiger partial charge on any atom is 0.326 e. The van der Waals surface area contributed by atoms with Crippen molar-refractivity contribution in [2.24, 2.45) is 0 Å². The van der Waals surface area contributed by atoms with E-state index in [1.165, 1.54) is 31.2 Å². The first-order valence-electron chi connectivity index (χ1n) is 20.4. The number of benzene rings is 6. The highest BCUT2D eigenvalue weighted by molar-refractivity contribution is 7.89. The van der Waals surface area contributed by atoms with Gasteiger partial charge in [-0.15, -0.1) is 0 Å². The van der Waals surface area contributed by atoms with Gasteiger partial charge in [0.05, 0.1) is 26.6 Å². The lowest BCUT2D eigenvalue weighted by Gasteiger charge is -2.37. The van der Waals surface area contributed by atoms with E-state index in [0.29, 0.717) is 55.2 Å². The predicted molar refractivity (Wildman–Crippen MR) is 243 cm³/mol. The normalized spacial score (nSPS) is 16.0. The zero-order chi connectivity index (χ0) is 45.8. The molecule has 0 bridgehead atoms. The molecule has 3 atom stereocenters. The van der Waals surface area contributed by atoms with Crippen LogP contribution in [0.4, 0.5) is 5.69 Å². The number of carbonyl (C=O) groups excluding carboxylic acids is 2. The first-order chi connectivity index (χ1) is 31.2. The first kappa shape index (κ1) is 44.7. The van der Waals surface area contributed by atoms with E-state index in [1.54, 1.807) is 48.5 Å². The summed E-state index contributed by atoms with van der Waals surface area (Å²) in [5.41, 5.74) is 6.12. The number of carboxylic acids is 1. The number of nitrogens with zero attached hydrogens (tertiary/aromatic N) is 2. The van der Waals surface area contributed by atoms with Crippen LogP contribution in [0.3, 0.4) is 0 Å². The molecular formula is C49H40Cl2N4O9S. The van der Waals surface area contributed by atoms with E-state index in [2.05, 4.69) is 16.7 Å². The summed E-state index contributed by atoms with van der Waals surface area (Å²) in [7, 11) is -4.40. The molecule has 2 heterocycles. The smallest absolute Gasteiger partial charge is 0.326 e. The Morgan fingerprint density at radius 2 is 1.51 bits per heavy atom. The Morgan fingerprint density at radius 3 is 2.15 bits per heavy atom. The lowest BCUT2D eigenvalue weighted by Crippen LogP contribution is -2.55. The van der Waals surface area contributed by atoms with Gasteiger partial charge in [0.15, 0.2) is 17.6 Å². The van der Waals surface area contributed by atoms with Crippen molar-refractivity contribution in [3.63, 3.8) is 0 Å². The van der Waals surface area contributed by atoms with Gasteiger partial charge in [-0.05, 0) is 118 Å².